The van der Waals surface area contributed by atoms with E-state index in [0.29, 0.717) is 0 Å². The van der Waals surface area contributed by atoms with Gasteiger partial charge in [0.15, 0.2) is 0 Å². The topological polar surface area (TPSA) is 24.5 Å². The molecule has 0 aromatic heterocycles. The van der Waals surface area contributed by atoms with Gasteiger partial charge in [-0.3, -0.25) is 0 Å². The van der Waals surface area contributed by atoms with Gasteiger partial charge in [-0.1, -0.05) is 18.6 Å². The molecular weight excluding hydrogens is 296 g/mol. The Balaban J connectivity index is 1.42. The van der Waals surface area contributed by atoms with Gasteiger partial charge in [-0.15, -0.1) is 0 Å². The molecule has 0 unspecified atom stereocenters. The summed E-state index contributed by atoms with van der Waals surface area (Å²) in [5.41, 5.74) is 1.36. The van der Waals surface area contributed by atoms with E-state index in [1.165, 1.54) is 57.3 Å². The number of rotatable bonds is 7. The first-order valence-electron chi connectivity index (χ1n) is 9.93. The van der Waals surface area contributed by atoms with Crippen LogP contribution >= 0.6 is 0 Å². The fourth-order valence-corrected chi connectivity index (χ4v) is 4.38. The molecule has 1 aromatic rings. The van der Waals surface area contributed by atoms with Crippen LogP contribution in [0.2, 0.25) is 0 Å². The summed E-state index contributed by atoms with van der Waals surface area (Å²) >= 11 is 0. The lowest BCUT2D eigenvalue weighted by Crippen LogP contribution is -2.50. The molecule has 2 fully saturated rings. The summed E-state index contributed by atoms with van der Waals surface area (Å²) in [5, 5.41) is 3.73. The van der Waals surface area contributed by atoms with Crippen LogP contribution in [-0.4, -0.2) is 43.2 Å². The van der Waals surface area contributed by atoms with Crippen LogP contribution in [-0.2, 0) is 6.42 Å². The van der Waals surface area contributed by atoms with Crippen molar-refractivity contribution in [2.45, 2.75) is 64.5 Å². The lowest BCUT2D eigenvalue weighted by Gasteiger charge is -2.44. The first-order chi connectivity index (χ1) is 11.7. The van der Waals surface area contributed by atoms with E-state index < -0.39 is 0 Å². The van der Waals surface area contributed by atoms with Gasteiger partial charge in [0.05, 0.1) is 6.10 Å². The predicted molar refractivity (Wildman–Crippen MR) is 101 cm³/mol. The van der Waals surface area contributed by atoms with E-state index in [4.69, 9.17) is 4.74 Å². The first-order valence-corrected chi connectivity index (χ1v) is 9.93. The summed E-state index contributed by atoms with van der Waals surface area (Å²) in [4.78, 5) is 2.76. The molecule has 2 atom stereocenters. The van der Waals surface area contributed by atoms with Crippen molar-refractivity contribution in [2.24, 2.45) is 5.92 Å². The number of hydrogen-bond donors (Lipinski definition) is 1. The second-order valence-corrected chi connectivity index (χ2v) is 7.77. The number of nitrogens with zero attached hydrogens (tertiary/aromatic N) is 1. The molecule has 2 aliphatic rings. The quantitative estimate of drug-likeness (QED) is 0.768. The van der Waals surface area contributed by atoms with Crippen molar-refractivity contribution in [1.82, 2.24) is 10.2 Å². The third kappa shape index (κ3) is 4.97. The van der Waals surface area contributed by atoms with E-state index >= 15 is 0 Å². The minimum atomic E-state index is 0.239. The van der Waals surface area contributed by atoms with Crippen LogP contribution in [0.1, 0.15) is 51.5 Å². The zero-order valence-corrected chi connectivity index (χ0v) is 15.5. The van der Waals surface area contributed by atoms with Gasteiger partial charge in [0, 0.05) is 6.04 Å². The van der Waals surface area contributed by atoms with Gasteiger partial charge in [0.25, 0.3) is 0 Å². The van der Waals surface area contributed by atoms with Crippen LogP contribution in [0.3, 0.4) is 0 Å². The van der Waals surface area contributed by atoms with Crippen LogP contribution in [0.25, 0.3) is 0 Å². The van der Waals surface area contributed by atoms with Crippen LogP contribution in [0, 0.1) is 5.92 Å². The third-order valence-electron chi connectivity index (χ3n) is 5.50. The molecule has 3 rings (SSSR count). The Kier molecular flexibility index (Phi) is 6.56. The van der Waals surface area contributed by atoms with Gasteiger partial charge < -0.3 is 15.0 Å². The highest BCUT2D eigenvalue weighted by atomic mass is 16.5. The highest BCUT2D eigenvalue weighted by molar-refractivity contribution is 5.28. The van der Waals surface area contributed by atoms with Gasteiger partial charge in [-0.05, 0) is 95.7 Å². The zero-order valence-electron chi connectivity index (χ0n) is 15.5. The molecule has 134 valence electrons. The first kappa shape index (κ1) is 17.8. The lowest BCUT2D eigenvalue weighted by molar-refractivity contribution is 0.0596. The standard InChI is InChI=1S/C21H34N2O/c1-17(2)24-20-9-5-7-18(15-20)11-12-22-16-19-8-6-14-23-13-4-3-10-21(19)23/h5,7,9,15,17,19,21-22H,3-4,6,8,10-14,16H2,1-2H3/t19-,21+/m0/s1. The molecular formula is C21H34N2O. The minimum Gasteiger partial charge on any atom is -0.491 e. The third-order valence-corrected chi connectivity index (χ3v) is 5.50. The van der Waals surface area contributed by atoms with Gasteiger partial charge in [-0.2, -0.15) is 0 Å². The number of nitrogens with one attached hydrogen (secondary N) is 1. The number of fused-ring (bicyclic) bond motifs is 1. The predicted octanol–water partition coefficient (Wildman–Crippen LogP) is 3.87. The summed E-state index contributed by atoms with van der Waals surface area (Å²) < 4.78 is 5.79. The normalized spacial score (nSPS) is 24.8. The monoisotopic (exact) mass is 330 g/mol. The van der Waals surface area contributed by atoms with E-state index in [-0.39, 0.29) is 6.10 Å². The van der Waals surface area contributed by atoms with Gasteiger partial charge in [-0.25, -0.2) is 0 Å². The number of hydrogen-bond acceptors (Lipinski definition) is 3. The molecule has 0 saturated carbocycles. The fourth-order valence-electron chi connectivity index (χ4n) is 4.38. The van der Waals surface area contributed by atoms with Crippen molar-refractivity contribution in [3.63, 3.8) is 0 Å². The molecule has 0 radical (unpaired) electrons. The maximum absolute atomic E-state index is 5.79. The van der Waals surface area contributed by atoms with E-state index in [0.717, 1.165) is 30.7 Å². The van der Waals surface area contributed by atoms with Crippen LogP contribution < -0.4 is 10.1 Å². The second kappa shape index (κ2) is 8.87. The summed E-state index contributed by atoms with van der Waals surface area (Å²) in [5.74, 6) is 1.85. The molecule has 2 saturated heterocycles. The fraction of sp³-hybridized carbons (Fsp3) is 0.714. The van der Waals surface area contributed by atoms with Crippen molar-refractivity contribution >= 4 is 0 Å². The molecule has 3 nitrogen and oxygen atoms in total. The maximum atomic E-state index is 5.79. The molecule has 2 heterocycles. The molecule has 0 aliphatic carbocycles. The molecule has 3 heteroatoms. The van der Waals surface area contributed by atoms with Gasteiger partial charge in [0.1, 0.15) is 5.75 Å². The molecule has 0 bridgehead atoms. The highest BCUT2D eigenvalue weighted by Gasteiger charge is 2.32. The van der Waals surface area contributed by atoms with Crippen LogP contribution in [0.5, 0.6) is 5.75 Å². The van der Waals surface area contributed by atoms with Crippen LogP contribution in [0.15, 0.2) is 24.3 Å². The zero-order chi connectivity index (χ0) is 16.8. The Morgan fingerprint density at radius 3 is 2.92 bits per heavy atom. The van der Waals surface area contributed by atoms with Crippen molar-refractivity contribution in [2.75, 3.05) is 26.2 Å². The average molecular weight is 331 g/mol. The lowest BCUT2D eigenvalue weighted by atomic mass is 9.83. The summed E-state index contributed by atoms with van der Waals surface area (Å²) in [7, 11) is 0. The second-order valence-electron chi connectivity index (χ2n) is 7.77. The summed E-state index contributed by atoms with van der Waals surface area (Å²) in [6.45, 7) is 9.07. The van der Waals surface area contributed by atoms with E-state index in [2.05, 4.69) is 48.3 Å². The van der Waals surface area contributed by atoms with E-state index in [9.17, 15) is 0 Å². The minimum absolute atomic E-state index is 0.239. The van der Waals surface area contributed by atoms with Crippen molar-refractivity contribution < 1.29 is 4.74 Å². The molecule has 2 aliphatic heterocycles. The Labute approximate surface area is 147 Å². The average Bonchev–Trinajstić information content (AvgIpc) is 2.58. The molecule has 0 spiro atoms. The SMILES string of the molecule is CC(C)Oc1cccc(CCNC[C@@H]2CCCN3CCCC[C@H]23)c1. The number of benzene rings is 1. The summed E-state index contributed by atoms with van der Waals surface area (Å²) in [6.07, 6.45) is 8.37. The summed E-state index contributed by atoms with van der Waals surface area (Å²) in [6, 6.07) is 9.40. The van der Waals surface area contributed by atoms with E-state index in [1.54, 1.807) is 0 Å². The van der Waals surface area contributed by atoms with E-state index in [1.807, 2.05) is 0 Å². The molecule has 0 amide bonds. The maximum Gasteiger partial charge on any atom is 0.119 e. The van der Waals surface area contributed by atoms with Crippen LogP contribution in [0.4, 0.5) is 0 Å². The molecule has 1 N–H and O–H groups in total. The Hall–Kier alpha value is -1.06. The Morgan fingerprint density at radius 1 is 1.17 bits per heavy atom. The van der Waals surface area contributed by atoms with Gasteiger partial charge in [0.2, 0.25) is 0 Å². The van der Waals surface area contributed by atoms with Crippen molar-refractivity contribution in [3.8, 4) is 5.75 Å². The molecule has 1 aromatic carbocycles. The Morgan fingerprint density at radius 2 is 2.04 bits per heavy atom. The van der Waals surface area contributed by atoms with Gasteiger partial charge >= 0.3 is 0 Å². The Bertz CT molecular complexity index is 500. The van der Waals surface area contributed by atoms with Crippen molar-refractivity contribution in [3.05, 3.63) is 29.8 Å². The smallest absolute Gasteiger partial charge is 0.119 e. The number of ether oxygens (including phenoxy) is 1. The largest absolute Gasteiger partial charge is 0.491 e. The molecule has 24 heavy (non-hydrogen) atoms. The van der Waals surface area contributed by atoms with Crippen molar-refractivity contribution in [1.29, 1.82) is 0 Å². The highest BCUT2D eigenvalue weighted by Crippen LogP contribution is 2.30. The number of piperidine rings is 2.